The molecule has 0 unspecified atom stereocenters. The van der Waals surface area contributed by atoms with Gasteiger partial charge in [-0.15, -0.1) is 0 Å². The highest BCUT2D eigenvalue weighted by atomic mass is 79.9. The van der Waals surface area contributed by atoms with E-state index in [2.05, 4.69) is 40.4 Å². The van der Waals surface area contributed by atoms with Gasteiger partial charge in [0.05, 0.1) is 12.5 Å². The highest BCUT2D eigenvalue weighted by molar-refractivity contribution is 9.10. The fraction of sp³-hybridized carbons (Fsp3) is 0.200. The Balaban J connectivity index is 1.78. The largest absolute Gasteiger partial charge is 0.345 e. The lowest BCUT2D eigenvalue weighted by atomic mass is 10.00. The zero-order valence-corrected chi connectivity index (χ0v) is 18.6. The Morgan fingerprint density at radius 2 is 1.53 bits per heavy atom. The van der Waals surface area contributed by atoms with Crippen molar-refractivity contribution in [3.8, 4) is 0 Å². The van der Waals surface area contributed by atoms with Gasteiger partial charge in [-0.25, -0.2) is 0 Å². The van der Waals surface area contributed by atoms with Gasteiger partial charge in [0.1, 0.15) is 0 Å². The van der Waals surface area contributed by atoms with Crippen LogP contribution >= 0.6 is 15.9 Å². The Kier molecular flexibility index (Phi) is 7.41. The van der Waals surface area contributed by atoms with E-state index in [9.17, 15) is 9.59 Å². The van der Waals surface area contributed by atoms with Gasteiger partial charge in [0.2, 0.25) is 5.91 Å². The van der Waals surface area contributed by atoms with Crippen molar-refractivity contribution in [1.29, 1.82) is 0 Å². The van der Waals surface area contributed by atoms with E-state index in [4.69, 9.17) is 0 Å². The molecule has 0 aliphatic heterocycles. The second-order valence-corrected chi connectivity index (χ2v) is 8.36. The molecule has 0 radical (unpaired) electrons. The summed E-state index contributed by atoms with van der Waals surface area (Å²) in [5.74, 6) is -0.0919. The second-order valence-electron chi connectivity index (χ2n) is 7.44. The molecule has 0 aromatic heterocycles. The number of benzene rings is 3. The van der Waals surface area contributed by atoms with E-state index in [-0.39, 0.29) is 24.2 Å². The first-order valence-electron chi connectivity index (χ1n) is 9.94. The quantitative estimate of drug-likeness (QED) is 0.445. The van der Waals surface area contributed by atoms with Crippen LogP contribution in [0.5, 0.6) is 0 Å². The Bertz CT molecular complexity index is 1000. The zero-order chi connectivity index (χ0) is 21.5. The summed E-state index contributed by atoms with van der Waals surface area (Å²) in [5.41, 5.74) is 3.30. The Morgan fingerprint density at radius 1 is 0.900 bits per heavy atom. The minimum atomic E-state index is -0.433. The summed E-state index contributed by atoms with van der Waals surface area (Å²) in [4.78, 5) is 25.6. The maximum absolute atomic E-state index is 12.9. The number of nitrogens with one attached hydrogen (secondary N) is 2. The number of amides is 2. The lowest BCUT2D eigenvalue weighted by Gasteiger charge is -2.20. The molecule has 3 aromatic carbocycles. The van der Waals surface area contributed by atoms with Crippen LogP contribution in [0.25, 0.3) is 0 Å². The van der Waals surface area contributed by atoms with Crippen LogP contribution in [-0.4, -0.2) is 11.8 Å². The molecule has 0 saturated carbocycles. The predicted octanol–water partition coefficient (Wildman–Crippen LogP) is 6.07. The number of hydrogen-bond donors (Lipinski definition) is 2. The van der Waals surface area contributed by atoms with E-state index >= 15 is 0 Å². The van der Waals surface area contributed by atoms with Gasteiger partial charge in [-0.05, 0) is 47.4 Å². The molecule has 1 atom stereocenters. The Morgan fingerprint density at radius 3 is 2.17 bits per heavy atom. The summed E-state index contributed by atoms with van der Waals surface area (Å²) >= 11 is 3.49. The van der Waals surface area contributed by atoms with E-state index < -0.39 is 6.04 Å². The zero-order valence-electron chi connectivity index (χ0n) is 17.1. The van der Waals surface area contributed by atoms with E-state index in [1.807, 2.05) is 66.7 Å². The molecule has 0 fully saturated rings. The molecular weight excluding hydrogens is 440 g/mol. The van der Waals surface area contributed by atoms with Crippen molar-refractivity contribution in [3.05, 3.63) is 100 Å². The minimum Gasteiger partial charge on any atom is -0.345 e. The highest BCUT2D eigenvalue weighted by Gasteiger charge is 2.20. The molecule has 3 rings (SSSR count). The van der Waals surface area contributed by atoms with E-state index in [1.54, 1.807) is 12.1 Å². The van der Waals surface area contributed by atoms with E-state index in [0.29, 0.717) is 5.56 Å². The smallest absolute Gasteiger partial charge is 0.251 e. The van der Waals surface area contributed by atoms with Crippen molar-refractivity contribution in [2.24, 2.45) is 0 Å². The molecule has 0 aliphatic carbocycles. The topological polar surface area (TPSA) is 58.2 Å². The molecule has 3 aromatic rings. The molecule has 0 aliphatic rings. The van der Waals surface area contributed by atoms with E-state index in [1.165, 1.54) is 0 Å². The standard InChI is InChI=1S/C25H25BrN2O2/c1-17(2)21-15-20(26)13-14-22(21)27-24(29)16-23(18-9-5-3-6-10-18)28-25(30)19-11-7-4-8-12-19/h3-15,17,23H,16H2,1-2H3,(H,27,29)(H,28,30)/t23-/m0/s1. The summed E-state index contributed by atoms with van der Waals surface area (Å²) in [6.45, 7) is 4.18. The van der Waals surface area contributed by atoms with Gasteiger partial charge in [0, 0.05) is 15.7 Å². The van der Waals surface area contributed by atoms with Gasteiger partial charge in [-0.3, -0.25) is 9.59 Å². The van der Waals surface area contributed by atoms with Gasteiger partial charge in [-0.2, -0.15) is 0 Å². The molecule has 4 nitrogen and oxygen atoms in total. The molecule has 0 bridgehead atoms. The van der Waals surface area contributed by atoms with Crippen LogP contribution < -0.4 is 10.6 Å². The van der Waals surface area contributed by atoms with Crippen molar-refractivity contribution < 1.29 is 9.59 Å². The van der Waals surface area contributed by atoms with Crippen molar-refractivity contribution >= 4 is 33.4 Å². The van der Waals surface area contributed by atoms with Gasteiger partial charge in [0.25, 0.3) is 5.91 Å². The fourth-order valence-electron chi connectivity index (χ4n) is 3.28. The first kappa shape index (κ1) is 21.8. The lowest BCUT2D eigenvalue weighted by Crippen LogP contribution is -2.31. The molecule has 2 amide bonds. The molecule has 5 heteroatoms. The number of hydrogen-bond acceptors (Lipinski definition) is 2. The van der Waals surface area contributed by atoms with Crippen molar-refractivity contribution in [2.75, 3.05) is 5.32 Å². The van der Waals surface area contributed by atoms with Gasteiger partial charge in [0.15, 0.2) is 0 Å². The minimum absolute atomic E-state index is 0.135. The number of carbonyl (C=O) groups excluding carboxylic acids is 2. The molecule has 154 valence electrons. The Hall–Kier alpha value is -2.92. The average molecular weight is 465 g/mol. The summed E-state index contributed by atoms with van der Waals surface area (Å²) in [6.07, 6.45) is 0.135. The number of carbonyl (C=O) groups is 2. The normalized spacial score (nSPS) is 11.7. The molecule has 30 heavy (non-hydrogen) atoms. The second kappa shape index (κ2) is 10.2. The average Bonchev–Trinajstić information content (AvgIpc) is 2.75. The van der Waals surface area contributed by atoms with Crippen LogP contribution in [0.4, 0.5) is 5.69 Å². The molecule has 0 saturated heterocycles. The summed E-state index contributed by atoms with van der Waals surface area (Å²) in [5, 5.41) is 6.03. The number of anilines is 1. The van der Waals surface area contributed by atoms with Crippen molar-refractivity contribution in [1.82, 2.24) is 5.32 Å². The number of rotatable bonds is 7. The van der Waals surface area contributed by atoms with Gasteiger partial charge >= 0.3 is 0 Å². The molecule has 0 heterocycles. The SMILES string of the molecule is CC(C)c1cc(Br)ccc1NC(=O)C[C@H](NC(=O)c1ccccc1)c1ccccc1. The summed E-state index contributed by atoms with van der Waals surface area (Å²) in [7, 11) is 0. The van der Waals surface area contributed by atoms with Crippen LogP contribution in [0.3, 0.4) is 0 Å². The predicted molar refractivity (Wildman–Crippen MR) is 125 cm³/mol. The van der Waals surface area contributed by atoms with E-state index in [0.717, 1.165) is 21.3 Å². The first-order valence-corrected chi connectivity index (χ1v) is 10.7. The van der Waals surface area contributed by atoms with Crippen LogP contribution in [-0.2, 0) is 4.79 Å². The van der Waals surface area contributed by atoms with Crippen molar-refractivity contribution in [2.45, 2.75) is 32.2 Å². The third-order valence-corrected chi connectivity index (χ3v) is 5.34. The van der Waals surface area contributed by atoms with Crippen LogP contribution in [0.2, 0.25) is 0 Å². The summed E-state index contributed by atoms with van der Waals surface area (Å²) in [6, 6.07) is 24.0. The highest BCUT2D eigenvalue weighted by Crippen LogP contribution is 2.28. The number of halogens is 1. The van der Waals surface area contributed by atoms with Crippen LogP contribution in [0.15, 0.2) is 83.3 Å². The van der Waals surface area contributed by atoms with Crippen molar-refractivity contribution in [3.63, 3.8) is 0 Å². The van der Waals surface area contributed by atoms with Crippen LogP contribution in [0.1, 0.15) is 53.7 Å². The molecule has 2 N–H and O–H groups in total. The summed E-state index contributed by atoms with van der Waals surface area (Å²) < 4.78 is 0.974. The van der Waals surface area contributed by atoms with Gasteiger partial charge in [-0.1, -0.05) is 78.3 Å². The third-order valence-electron chi connectivity index (χ3n) is 4.84. The maximum atomic E-state index is 12.9. The Labute approximate surface area is 185 Å². The molecule has 0 spiro atoms. The fourth-order valence-corrected chi connectivity index (χ4v) is 3.66. The monoisotopic (exact) mass is 464 g/mol. The molecular formula is C25H25BrN2O2. The lowest BCUT2D eigenvalue weighted by molar-refractivity contribution is -0.116. The van der Waals surface area contributed by atoms with Gasteiger partial charge < -0.3 is 10.6 Å². The van der Waals surface area contributed by atoms with Crippen LogP contribution in [0, 0.1) is 0 Å². The third kappa shape index (κ3) is 5.80. The maximum Gasteiger partial charge on any atom is 0.251 e. The first-order chi connectivity index (χ1) is 14.4.